The highest BCUT2D eigenvalue weighted by atomic mass is 16.3. The second-order valence-corrected chi connectivity index (χ2v) is 5.18. The van der Waals surface area contributed by atoms with Crippen LogP contribution in [0.1, 0.15) is 5.56 Å². The van der Waals surface area contributed by atoms with Crippen molar-refractivity contribution in [1.29, 1.82) is 0 Å². The molecule has 1 aliphatic heterocycles. The first kappa shape index (κ1) is 12.6. The Labute approximate surface area is 113 Å². The van der Waals surface area contributed by atoms with Crippen LogP contribution in [0.25, 0.3) is 11.1 Å². The third-order valence-electron chi connectivity index (χ3n) is 3.50. The zero-order chi connectivity index (χ0) is 13.1. The summed E-state index contributed by atoms with van der Waals surface area (Å²) < 4.78 is 5.34. The van der Waals surface area contributed by atoms with E-state index >= 15 is 0 Å². The molecule has 0 unspecified atom stereocenters. The van der Waals surface area contributed by atoms with Gasteiger partial charge >= 0.3 is 0 Å². The summed E-state index contributed by atoms with van der Waals surface area (Å²) in [7, 11) is 2.16. The molecule has 102 valence electrons. The molecule has 2 heterocycles. The number of piperazine rings is 1. The first-order valence-corrected chi connectivity index (χ1v) is 6.75. The molecule has 1 N–H and O–H groups in total. The molecule has 1 aromatic carbocycles. The maximum absolute atomic E-state index is 5.34. The van der Waals surface area contributed by atoms with Gasteiger partial charge in [-0.2, -0.15) is 0 Å². The smallest absolute Gasteiger partial charge is 0.181 e. The molecule has 0 aliphatic carbocycles. The van der Waals surface area contributed by atoms with Crippen molar-refractivity contribution in [3.63, 3.8) is 0 Å². The van der Waals surface area contributed by atoms with Gasteiger partial charge in [-0.15, -0.1) is 0 Å². The number of nitrogens with zero attached hydrogens (tertiary/aromatic N) is 3. The zero-order valence-corrected chi connectivity index (χ0v) is 11.3. The Morgan fingerprint density at radius 1 is 1.37 bits per heavy atom. The lowest BCUT2D eigenvalue weighted by Crippen LogP contribution is -2.47. The van der Waals surface area contributed by atoms with E-state index in [2.05, 4.69) is 39.3 Å². The van der Waals surface area contributed by atoms with Crippen molar-refractivity contribution in [2.24, 2.45) is 0 Å². The van der Waals surface area contributed by atoms with Gasteiger partial charge in [-0.05, 0) is 24.7 Å². The van der Waals surface area contributed by atoms with Crippen LogP contribution in [-0.4, -0.2) is 54.7 Å². The quantitative estimate of drug-likeness (QED) is 0.892. The van der Waals surface area contributed by atoms with Crippen molar-refractivity contribution in [2.45, 2.75) is 6.54 Å². The number of oxazole rings is 1. The molecule has 5 heteroatoms. The van der Waals surface area contributed by atoms with Gasteiger partial charge < -0.3 is 9.73 Å². The topological polar surface area (TPSA) is 44.5 Å². The molecule has 19 heavy (non-hydrogen) atoms. The Balaban J connectivity index is 1.59. The monoisotopic (exact) mass is 260 g/mol. The van der Waals surface area contributed by atoms with Crippen molar-refractivity contribution in [2.75, 3.05) is 39.9 Å². The largest absolute Gasteiger partial charge is 0.443 e. The van der Waals surface area contributed by atoms with Crippen LogP contribution in [0.3, 0.4) is 0 Å². The van der Waals surface area contributed by atoms with Crippen molar-refractivity contribution in [3.05, 3.63) is 30.2 Å². The van der Waals surface area contributed by atoms with Gasteiger partial charge in [0, 0.05) is 32.7 Å². The molecule has 1 aromatic heterocycles. The van der Waals surface area contributed by atoms with E-state index in [0.29, 0.717) is 0 Å². The molecule has 5 nitrogen and oxygen atoms in total. The fraction of sp³-hybridized carbons (Fsp3) is 0.500. The van der Waals surface area contributed by atoms with Crippen molar-refractivity contribution >= 4 is 11.1 Å². The minimum absolute atomic E-state index is 0.869. The fourth-order valence-electron chi connectivity index (χ4n) is 2.55. The molecule has 0 saturated carbocycles. The van der Waals surface area contributed by atoms with Crippen LogP contribution < -0.4 is 5.32 Å². The third-order valence-corrected chi connectivity index (χ3v) is 3.50. The SMILES string of the molecule is CN(Cc1ccc2ncoc2c1)CN1CCNCC1. The lowest BCUT2D eigenvalue weighted by atomic mass is 10.2. The van der Waals surface area contributed by atoms with Gasteiger partial charge in [-0.25, -0.2) is 4.98 Å². The second kappa shape index (κ2) is 5.69. The lowest BCUT2D eigenvalue weighted by Gasteiger charge is -2.31. The molecule has 0 bridgehead atoms. The standard InChI is InChI=1S/C14H20N4O/c1-17(11-18-6-4-15-5-7-18)9-12-2-3-13-14(8-12)19-10-16-13/h2-3,8,10,15H,4-7,9,11H2,1H3. The normalized spacial score (nSPS) is 17.4. The third kappa shape index (κ3) is 3.12. The molecule has 3 rings (SSSR count). The number of hydrogen-bond donors (Lipinski definition) is 1. The van der Waals surface area contributed by atoms with Crippen LogP contribution in [0.15, 0.2) is 29.0 Å². The Kier molecular flexibility index (Phi) is 3.77. The molecule has 1 fully saturated rings. The molecule has 1 saturated heterocycles. The number of hydrogen-bond acceptors (Lipinski definition) is 5. The van der Waals surface area contributed by atoms with E-state index in [1.54, 1.807) is 0 Å². The fourth-order valence-corrected chi connectivity index (χ4v) is 2.55. The van der Waals surface area contributed by atoms with Crippen molar-refractivity contribution in [1.82, 2.24) is 20.1 Å². The second-order valence-electron chi connectivity index (χ2n) is 5.18. The first-order chi connectivity index (χ1) is 9.31. The van der Waals surface area contributed by atoms with E-state index < -0.39 is 0 Å². The molecule has 1 aliphatic rings. The van der Waals surface area contributed by atoms with E-state index in [9.17, 15) is 0 Å². The Morgan fingerprint density at radius 3 is 3.05 bits per heavy atom. The van der Waals surface area contributed by atoms with Gasteiger partial charge in [-0.1, -0.05) is 6.07 Å². The first-order valence-electron chi connectivity index (χ1n) is 6.75. The van der Waals surface area contributed by atoms with E-state index in [1.807, 2.05) is 6.07 Å². The van der Waals surface area contributed by atoms with Crippen LogP contribution >= 0.6 is 0 Å². The maximum Gasteiger partial charge on any atom is 0.181 e. The summed E-state index contributed by atoms with van der Waals surface area (Å²) in [5.74, 6) is 0. The summed E-state index contributed by atoms with van der Waals surface area (Å²) in [6.45, 7) is 6.39. The lowest BCUT2D eigenvalue weighted by molar-refractivity contribution is 0.135. The minimum Gasteiger partial charge on any atom is -0.443 e. The summed E-state index contributed by atoms with van der Waals surface area (Å²) in [6, 6.07) is 6.22. The highest BCUT2D eigenvalue weighted by molar-refractivity contribution is 5.72. The molecule has 2 aromatic rings. The van der Waals surface area contributed by atoms with Crippen LogP contribution in [-0.2, 0) is 6.54 Å². The average Bonchev–Trinajstić information content (AvgIpc) is 2.87. The van der Waals surface area contributed by atoms with E-state index in [4.69, 9.17) is 4.42 Å². The average molecular weight is 260 g/mol. The Bertz CT molecular complexity index is 533. The summed E-state index contributed by atoms with van der Waals surface area (Å²) in [6.07, 6.45) is 1.50. The molecule has 0 spiro atoms. The summed E-state index contributed by atoms with van der Waals surface area (Å²) in [5, 5.41) is 3.38. The van der Waals surface area contributed by atoms with Crippen LogP contribution in [0.4, 0.5) is 0 Å². The number of aromatic nitrogens is 1. The van der Waals surface area contributed by atoms with Gasteiger partial charge in [0.05, 0.1) is 6.67 Å². The van der Waals surface area contributed by atoms with Crippen LogP contribution in [0.5, 0.6) is 0 Å². The predicted molar refractivity (Wildman–Crippen MR) is 74.8 cm³/mol. The van der Waals surface area contributed by atoms with E-state index in [1.165, 1.54) is 12.0 Å². The summed E-state index contributed by atoms with van der Waals surface area (Å²) >= 11 is 0. The number of rotatable bonds is 4. The van der Waals surface area contributed by atoms with E-state index in [0.717, 1.165) is 50.5 Å². The van der Waals surface area contributed by atoms with Gasteiger partial charge in [-0.3, -0.25) is 9.80 Å². The van der Waals surface area contributed by atoms with E-state index in [-0.39, 0.29) is 0 Å². The van der Waals surface area contributed by atoms with Crippen LogP contribution in [0.2, 0.25) is 0 Å². The number of nitrogens with one attached hydrogen (secondary N) is 1. The molecular weight excluding hydrogens is 240 g/mol. The number of benzene rings is 1. The maximum atomic E-state index is 5.34. The highest BCUT2D eigenvalue weighted by Crippen LogP contribution is 2.15. The van der Waals surface area contributed by atoms with Gasteiger partial charge in [0.2, 0.25) is 0 Å². The molecule has 0 atom stereocenters. The zero-order valence-electron chi connectivity index (χ0n) is 11.3. The Hall–Kier alpha value is -1.43. The van der Waals surface area contributed by atoms with Crippen LogP contribution in [0, 0.1) is 0 Å². The summed E-state index contributed by atoms with van der Waals surface area (Å²) in [5.41, 5.74) is 3.06. The van der Waals surface area contributed by atoms with Crippen molar-refractivity contribution < 1.29 is 4.42 Å². The number of fused-ring (bicyclic) bond motifs is 1. The molecular formula is C14H20N4O. The van der Waals surface area contributed by atoms with Gasteiger partial charge in [0.1, 0.15) is 5.52 Å². The summed E-state index contributed by atoms with van der Waals surface area (Å²) in [4.78, 5) is 8.95. The predicted octanol–water partition coefficient (Wildman–Crippen LogP) is 1.12. The highest BCUT2D eigenvalue weighted by Gasteiger charge is 2.12. The van der Waals surface area contributed by atoms with Gasteiger partial charge in [0.15, 0.2) is 12.0 Å². The molecule has 0 radical (unpaired) electrons. The molecule has 0 amide bonds. The van der Waals surface area contributed by atoms with Gasteiger partial charge in [0.25, 0.3) is 0 Å². The van der Waals surface area contributed by atoms with Crippen molar-refractivity contribution in [3.8, 4) is 0 Å². The Morgan fingerprint density at radius 2 is 2.21 bits per heavy atom. The minimum atomic E-state index is 0.869.